The fourth-order valence-electron chi connectivity index (χ4n) is 2.66. The Kier molecular flexibility index (Phi) is 6.17. The van der Waals surface area contributed by atoms with Gasteiger partial charge in [-0.25, -0.2) is 0 Å². The summed E-state index contributed by atoms with van der Waals surface area (Å²) in [5, 5.41) is 2.89. The maximum absolute atomic E-state index is 12.8. The molecule has 1 saturated carbocycles. The molecule has 0 radical (unpaired) electrons. The minimum Gasteiger partial charge on any atom is -0.351 e. The SMILES string of the molecule is CCC(C)(CCCl)NC(=O)C1CCCC(C(F)(F)F)C1. The summed E-state index contributed by atoms with van der Waals surface area (Å²) in [5.41, 5.74) is -0.427. The number of amides is 1. The molecule has 1 amide bonds. The number of carbonyl (C=O) groups is 1. The predicted octanol–water partition coefficient (Wildman–Crippen LogP) is 4.27. The van der Waals surface area contributed by atoms with Gasteiger partial charge in [0.1, 0.15) is 0 Å². The van der Waals surface area contributed by atoms with E-state index in [2.05, 4.69) is 5.32 Å². The van der Waals surface area contributed by atoms with Gasteiger partial charge in [-0.3, -0.25) is 4.79 Å². The molecule has 0 aromatic heterocycles. The first-order valence-electron chi connectivity index (χ1n) is 7.16. The van der Waals surface area contributed by atoms with E-state index in [1.807, 2.05) is 13.8 Å². The number of rotatable bonds is 5. The van der Waals surface area contributed by atoms with E-state index >= 15 is 0 Å². The molecule has 1 fully saturated rings. The van der Waals surface area contributed by atoms with Crippen molar-refractivity contribution in [2.75, 3.05) is 5.88 Å². The fraction of sp³-hybridized carbons (Fsp3) is 0.929. The first-order chi connectivity index (χ1) is 9.22. The molecule has 3 unspecified atom stereocenters. The van der Waals surface area contributed by atoms with E-state index in [9.17, 15) is 18.0 Å². The molecule has 1 rings (SSSR count). The number of hydrogen-bond acceptors (Lipinski definition) is 1. The first kappa shape index (κ1) is 17.6. The average Bonchev–Trinajstić information content (AvgIpc) is 2.38. The van der Waals surface area contributed by atoms with Crippen LogP contribution in [0.1, 0.15) is 52.4 Å². The van der Waals surface area contributed by atoms with Crippen LogP contribution in [0.25, 0.3) is 0 Å². The molecule has 3 atom stereocenters. The highest BCUT2D eigenvalue weighted by atomic mass is 35.5. The monoisotopic (exact) mass is 313 g/mol. The number of nitrogens with one attached hydrogen (secondary N) is 1. The zero-order valence-electron chi connectivity index (χ0n) is 12.0. The molecule has 0 aromatic carbocycles. The second-order valence-corrected chi connectivity index (χ2v) is 6.32. The summed E-state index contributed by atoms with van der Waals surface area (Å²) in [7, 11) is 0. The lowest BCUT2D eigenvalue weighted by molar-refractivity contribution is -0.186. The molecule has 1 N–H and O–H groups in total. The summed E-state index contributed by atoms with van der Waals surface area (Å²) in [5.74, 6) is -1.71. The van der Waals surface area contributed by atoms with Crippen molar-refractivity contribution in [3.8, 4) is 0 Å². The summed E-state index contributed by atoms with van der Waals surface area (Å²) >= 11 is 5.72. The van der Waals surface area contributed by atoms with Crippen LogP contribution in [0.2, 0.25) is 0 Å². The summed E-state index contributed by atoms with van der Waals surface area (Å²) in [4.78, 5) is 12.2. The lowest BCUT2D eigenvalue weighted by atomic mass is 9.80. The van der Waals surface area contributed by atoms with Gasteiger partial charge < -0.3 is 5.32 Å². The van der Waals surface area contributed by atoms with Gasteiger partial charge in [-0.15, -0.1) is 11.6 Å². The van der Waals surface area contributed by atoms with Crippen LogP contribution >= 0.6 is 11.6 Å². The summed E-state index contributed by atoms with van der Waals surface area (Å²) < 4.78 is 38.3. The van der Waals surface area contributed by atoms with Crippen LogP contribution in [0.4, 0.5) is 13.2 Å². The topological polar surface area (TPSA) is 29.1 Å². The van der Waals surface area contributed by atoms with Gasteiger partial charge in [0.25, 0.3) is 0 Å². The number of alkyl halides is 4. The van der Waals surface area contributed by atoms with E-state index < -0.39 is 23.6 Å². The fourth-order valence-corrected chi connectivity index (χ4v) is 3.08. The van der Waals surface area contributed by atoms with Gasteiger partial charge >= 0.3 is 6.18 Å². The molecule has 0 bridgehead atoms. The number of carbonyl (C=O) groups excluding carboxylic acids is 1. The van der Waals surface area contributed by atoms with Crippen LogP contribution in [0.3, 0.4) is 0 Å². The molecule has 0 spiro atoms. The van der Waals surface area contributed by atoms with Gasteiger partial charge in [-0.2, -0.15) is 13.2 Å². The van der Waals surface area contributed by atoms with Crippen LogP contribution in [0.15, 0.2) is 0 Å². The molecular formula is C14H23ClF3NO. The van der Waals surface area contributed by atoms with E-state index in [0.29, 0.717) is 31.6 Å². The molecule has 0 saturated heterocycles. The molecule has 0 heterocycles. The van der Waals surface area contributed by atoms with Gasteiger partial charge in [0, 0.05) is 17.3 Å². The number of halogens is 4. The molecule has 2 nitrogen and oxygen atoms in total. The third kappa shape index (κ3) is 4.83. The maximum Gasteiger partial charge on any atom is 0.391 e. The molecule has 6 heteroatoms. The molecule has 118 valence electrons. The molecule has 0 aliphatic heterocycles. The standard InChI is InChI=1S/C14H23ClF3NO/c1-3-13(2,7-8-15)19-12(20)10-5-4-6-11(9-10)14(16,17)18/h10-11H,3-9H2,1-2H3,(H,19,20). The van der Waals surface area contributed by atoms with Crippen LogP contribution in [-0.4, -0.2) is 23.5 Å². The van der Waals surface area contributed by atoms with Gasteiger partial charge in [0.05, 0.1) is 5.92 Å². The Morgan fingerprint density at radius 1 is 1.35 bits per heavy atom. The molecular weight excluding hydrogens is 291 g/mol. The highest BCUT2D eigenvalue weighted by Crippen LogP contribution is 2.40. The minimum absolute atomic E-state index is 0.0873. The van der Waals surface area contributed by atoms with Gasteiger partial charge in [0.2, 0.25) is 5.91 Å². The Morgan fingerprint density at radius 2 is 2.00 bits per heavy atom. The van der Waals surface area contributed by atoms with Crippen molar-refractivity contribution in [3.05, 3.63) is 0 Å². The van der Waals surface area contributed by atoms with Crippen molar-refractivity contribution in [1.29, 1.82) is 0 Å². The van der Waals surface area contributed by atoms with Crippen molar-refractivity contribution < 1.29 is 18.0 Å². The molecule has 1 aliphatic rings. The van der Waals surface area contributed by atoms with Gasteiger partial charge in [-0.05, 0) is 39.0 Å². The van der Waals surface area contributed by atoms with Crippen molar-refractivity contribution in [2.45, 2.75) is 64.1 Å². The lowest BCUT2D eigenvalue weighted by Crippen LogP contribution is -2.49. The Hall–Kier alpha value is -0.450. The van der Waals surface area contributed by atoms with Crippen molar-refractivity contribution in [3.63, 3.8) is 0 Å². The van der Waals surface area contributed by atoms with E-state index in [1.54, 1.807) is 0 Å². The largest absolute Gasteiger partial charge is 0.391 e. The Bertz CT molecular complexity index is 335. The summed E-state index contributed by atoms with van der Waals surface area (Å²) in [6, 6.07) is 0. The van der Waals surface area contributed by atoms with E-state index in [1.165, 1.54) is 0 Å². The van der Waals surface area contributed by atoms with Crippen LogP contribution in [0.5, 0.6) is 0 Å². The van der Waals surface area contributed by atoms with Crippen molar-refractivity contribution in [1.82, 2.24) is 5.32 Å². The third-order valence-electron chi connectivity index (χ3n) is 4.36. The third-order valence-corrected chi connectivity index (χ3v) is 4.55. The zero-order chi connectivity index (χ0) is 15.4. The van der Waals surface area contributed by atoms with Crippen molar-refractivity contribution in [2.24, 2.45) is 11.8 Å². The highest BCUT2D eigenvalue weighted by Gasteiger charge is 2.44. The summed E-state index contributed by atoms with van der Waals surface area (Å²) in [6.45, 7) is 3.82. The molecule has 0 aromatic rings. The normalized spacial score (nSPS) is 26.9. The minimum atomic E-state index is -4.19. The Balaban J connectivity index is 2.63. The van der Waals surface area contributed by atoms with Crippen molar-refractivity contribution >= 4 is 17.5 Å². The Labute approximate surface area is 123 Å². The van der Waals surface area contributed by atoms with E-state index in [0.717, 1.165) is 0 Å². The molecule has 20 heavy (non-hydrogen) atoms. The maximum atomic E-state index is 12.8. The molecule has 1 aliphatic carbocycles. The predicted molar refractivity (Wildman–Crippen MR) is 73.7 cm³/mol. The lowest BCUT2D eigenvalue weighted by Gasteiger charge is -2.34. The van der Waals surface area contributed by atoms with Crippen LogP contribution < -0.4 is 5.32 Å². The van der Waals surface area contributed by atoms with Gasteiger partial charge in [0.15, 0.2) is 0 Å². The van der Waals surface area contributed by atoms with E-state index in [-0.39, 0.29) is 18.7 Å². The number of hydrogen-bond donors (Lipinski definition) is 1. The van der Waals surface area contributed by atoms with E-state index in [4.69, 9.17) is 11.6 Å². The summed E-state index contributed by atoms with van der Waals surface area (Å²) in [6.07, 6.45) is -1.81. The quantitative estimate of drug-likeness (QED) is 0.755. The average molecular weight is 314 g/mol. The van der Waals surface area contributed by atoms with Crippen LogP contribution in [0, 0.1) is 11.8 Å². The van der Waals surface area contributed by atoms with Gasteiger partial charge in [-0.1, -0.05) is 13.3 Å². The Morgan fingerprint density at radius 3 is 2.50 bits per heavy atom. The zero-order valence-corrected chi connectivity index (χ0v) is 12.8. The smallest absolute Gasteiger partial charge is 0.351 e. The first-order valence-corrected chi connectivity index (χ1v) is 7.70. The second-order valence-electron chi connectivity index (χ2n) is 5.94. The van der Waals surface area contributed by atoms with Crippen LogP contribution in [-0.2, 0) is 4.79 Å². The second kappa shape index (κ2) is 7.01. The highest BCUT2D eigenvalue weighted by molar-refractivity contribution is 6.17.